The molecule has 3 nitrogen and oxygen atoms in total. The first-order valence-electron chi connectivity index (χ1n) is 7.72. The minimum Gasteiger partial charge on any atom is -0.343 e. The molecule has 2 rings (SSSR count). The molecule has 0 fully saturated rings. The van der Waals surface area contributed by atoms with Gasteiger partial charge in [-0.2, -0.15) is 0 Å². The maximum atomic E-state index is 12.8. The van der Waals surface area contributed by atoms with E-state index in [0.29, 0.717) is 10.6 Å². The maximum Gasteiger partial charge on any atom is 0.253 e. The van der Waals surface area contributed by atoms with Gasteiger partial charge < -0.3 is 10.2 Å². The summed E-state index contributed by atoms with van der Waals surface area (Å²) in [5.41, 5.74) is 1.10. The monoisotopic (exact) mass is 364 g/mol. The Bertz CT molecular complexity index is 715. The van der Waals surface area contributed by atoms with E-state index in [1.807, 2.05) is 44.4 Å². The smallest absolute Gasteiger partial charge is 0.253 e. The van der Waals surface area contributed by atoms with Crippen molar-refractivity contribution in [3.8, 4) is 0 Å². The summed E-state index contributed by atoms with van der Waals surface area (Å²) in [7, 11) is 3.99. The van der Waals surface area contributed by atoms with Crippen molar-refractivity contribution >= 4 is 29.1 Å². The lowest BCUT2D eigenvalue weighted by molar-refractivity contribution is 0.0840. The number of carbonyl (C=O) groups excluding carboxylic acids is 1. The summed E-state index contributed by atoms with van der Waals surface area (Å²) in [6.07, 6.45) is 0. The van der Waals surface area contributed by atoms with Crippen molar-refractivity contribution in [1.82, 2.24) is 10.2 Å². The molecule has 0 aromatic heterocycles. The quantitative estimate of drug-likeness (QED) is 0.825. The van der Waals surface area contributed by atoms with Crippen LogP contribution < -0.4 is 5.32 Å². The molecule has 0 saturated heterocycles. The van der Waals surface area contributed by atoms with Gasteiger partial charge in [-0.1, -0.05) is 59.6 Å². The molecule has 1 unspecified atom stereocenters. The molecule has 0 aliphatic carbocycles. The fourth-order valence-electron chi connectivity index (χ4n) is 2.46. The van der Waals surface area contributed by atoms with Crippen molar-refractivity contribution in [2.75, 3.05) is 14.1 Å². The number of nitrogens with zero attached hydrogens (tertiary/aromatic N) is 1. The van der Waals surface area contributed by atoms with Crippen LogP contribution in [0.15, 0.2) is 48.5 Å². The molecule has 24 heavy (non-hydrogen) atoms. The number of carbonyl (C=O) groups is 1. The van der Waals surface area contributed by atoms with E-state index < -0.39 is 0 Å². The number of rotatable bonds is 5. The van der Waals surface area contributed by atoms with Crippen LogP contribution in [0.2, 0.25) is 10.0 Å². The van der Waals surface area contributed by atoms with Crippen molar-refractivity contribution in [2.24, 2.45) is 0 Å². The van der Waals surface area contributed by atoms with Gasteiger partial charge in [0.2, 0.25) is 0 Å². The first-order chi connectivity index (χ1) is 11.2. The molecule has 1 atom stereocenters. The van der Waals surface area contributed by atoms with Crippen LogP contribution in [0.4, 0.5) is 0 Å². The highest BCUT2D eigenvalue weighted by atomic mass is 35.5. The van der Waals surface area contributed by atoms with E-state index in [4.69, 9.17) is 23.2 Å². The Hall–Kier alpha value is -1.55. The maximum absolute atomic E-state index is 12.8. The third kappa shape index (κ3) is 3.92. The number of likely N-dealkylation sites (N-methyl/N-ethyl adjacent to an activating group) is 1. The van der Waals surface area contributed by atoms with Gasteiger partial charge in [0.25, 0.3) is 5.91 Å². The summed E-state index contributed by atoms with van der Waals surface area (Å²) in [4.78, 5) is 14.9. The van der Waals surface area contributed by atoms with Gasteiger partial charge in [0.05, 0.1) is 21.7 Å². The molecule has 2 aromatic carbocycles. The zero-order valence-corrected chi connectivity index (χ0v) is 15.8. The zero-order valence-electron chi connectivity index (χ0n) is 14.3. The van der Waals surface area contributed by atoms with Gasteiger partial charge in [-0.3, -0.25) is 4.79 Å². The number of hydrogen-bond donors (Lipinski definition) is 1. The molecule has 2 aromatic rings. The largest absolute Gasteiger partial charge is 0.343 e. The Morgan fingerprint density at radius 1 is 1.04 bits per heavy atom. The predicted molar refractivity (Wildman–Crippen MR) is 101 cm³/mol. The van der Waals surface area contributed by atoms with Gasteiger partial charge in [-0.15, -0.1) is 0 Å². The number of amides is 1. The van der Waals surface area contributed by atoms with E-state index >= 15 is 0 Å². The molecule has 0 bridgehead atoms. The SMILES string of the molecule is CN(C)C(C)(C)C(NC(=O)c1cccc(Cl)c1Cl)c1ccccc1. The lowest BCUT2D eigenvalue weighted by Crippen LogP contribution is -2.50. The molecular weight excluding hydrogens is 343 g/mol. The highest BCUT2D eigenvalue weighted by molar-refractivity contribution is 6.43. The highest BCUT2D eigenvalue weighted by Crippen LogP contribution is 2.31. The van der Waals surface area contributed by atoms with Gasteiger partial charge in [-0.05, 0) is 45.6 Å². The molecular formula is C19H22Cl2N2O. The Morgan fingerprint density at radius 2 is 1.67 bits per heavy atom. The van der Waals surface area contributed by atoms with E-state index in [1.54, 1.807) is 18.2 Å². The average molecular weight is 365 g/mol. The fourth-order valence-corrected chi connectivity index (χ4v) is 2.85. The summed E-state index contributed by atoms with van der Waals surface area (Å²) in [5.74, 6) is -0.244. The van der Waals surface area contributed by atoms with Crippen LogP contribution in [-0.4, -0.2) is 30.4 Å². The number of hydrogen-bond acceptors (Lipinski definition) is 2. The third-order valence-corrected chi connectivity index (χ3v) is 5.28. The molecule has 1 amide bonds. The van der Waals surface area contributed by atoms with E-state index in [9.17, 15) is 4.79 Å². The normalized spacial score (nSPS) is 13.0. The second-order valence-corrected chi connectivity index (χ2v) is 7.25. The molecule has 0 aliphatic rings. The van der Waals surface area contributed by atoms with Crippen LogP contribution in [0.5, 0.6) is 0 Å². The van der Waals surface area contributed by atoms with Crippen LogP contribution in [0.1, 0.15) is 35.8 Å². The topological polar surface area (TPSA) is 32.3 Å². The van der Waals surface area contributed by atoms with Gasteiger partial charge in [0.15, 0.2) is 0 Å². The van der Waals surface area contributed by atoms with Crippen LogP contribution in [-0.2, 0) is 0 Å². The Kier molecular flexibility index (Phi) is 5.92. The van der Waals surface area contributed by atoms with E-state index in [0.717, 1.165) is 5.56 Å². The van der Waals surface area contributed by atoms with Gasteiger partial charge in [-0.25, -0.2) is 0 Å². The van der Waals surface area contributed by atoms with Crippen LogP contribution in [0, 0.1) is 0 Å². The van der Waals surface area contributed by atoms with Crippen molar-refractivity contribution in [3.05, 3.63) is 69.7 Å². The van der Waals surface area contributed by atoms with Crippen molar-refractivity contribution in [2.45, 2.75) is 25.4 Å². The molecule has 5 heteroatoms. The van der Waals surface area contributed by atoms with Crippen LogP contribution >= 0.6 is 23.2 Å². The first-order valence-corrected chi connectivity index (χ1v) is 8.48. The summed E-state index contributed by atoms with van der Waals surface area (Å²) < 4.78 is 0. The van der Waals surface area contributed by atoms with E-state index in [2.05, 4.69) is 24.1 Å². The summed E-state index contributed by atoms with van der Waals surface area (Å²) in [5, 5.41) is 3.75. The number of halogens is 2. The highest BCUT2D eigenvalue weighted by Gasteiger charge is 2.34. The van der Waals surface area contributed by atoms with Gasteiger partial charge >= 0.3 is 0 Å². The molecule has 1 N–H and O–H groups in total. The Balaban J connectivity index is 2.39. The standard InChI is InChI=1S/C19H22Cl2N2O/c1-19(2,23(3)4)17(13-9-6-5-7-10-13)22-18(24)14-11-8-12-15(20)16(14)21/h5-12,17H,1-4H3,(H,22,24). The average Bonchev–Trinajstić information content (AvgIpc) is 2.55. The molecule has 0 heterocycles. The second kappa shape index (κ2) is 7.56. The van der Waals surface area contributed by atoms with E-state index in [-0.39, 0.29) is 22.5 Å². The van der Waals surface area contributed by atoms with E-state index in [1.165, 1.54) is 0 Å². The fraction of sp³-hybridized carbons (Fsp3) is 0.316. The van der Waals surface area contributed by atoms with Crippen molar-refractivity contribution < 1.29 is 4.79 Å². The predicted octanol–water partition coefficient (Wildman–Crippen LogP) is 4.80. The van der Waals surface area contributed by atoms with Crippen molar-refractivity contribution in [1.29, 1.82) is 0 Å². The number of nitrogens with one attached hydrogen (secondary N) is 1. The first kappa shape index (κ1) is 18.8. The third-order valence-electron chi connectivity index (χ3n) is 4.46. The molecule has 0 radical (unpaired) electrons. The van der Waals surface area contributed by atoms with Crippen LogP contribution in [0.25, 0.3) is 0 Å². The minimum absolute atomic E-state index is 0.212. The summed E-state index contributed by atoms with van der Waals surface area (Å²) >= 11 is 12.2. The number of benzene rings is 2. The van der Waals surface area contributed by atoms with Crippen LogP contribution in [0.3, 0.4) is 0 Å². The lowest BCUT2D eigenvalue weighted by atomic mass is 9.87. The second-order valence-electron chi connectivity index (χ2n) is 6.47. The van der Waals surface area contributed by atoms with Gasteiger partial charge in [0.1, 0.15) is 0 Å². The van der Waals surface area contributed by atoms with Crippen molar-refractivity contribution in [3.63, 3.8) is 0 Å². The molecule has 128 valence electrons. The Morgan fingerprint density at radius 3 is 2.25 bits per heavy atom. The molecule has 0 saturated carbocycles. The van der Waals surface area contributed by atoms with Gasteiger partial charge in [0, 0.05) is 5.54 Å². The Labute approximate surface area is 153 Å². The lowest BCUT2D eigenvalue weighted by Gasteiger charge is -2.40. The zero-order chi connectivity index (χ0) is 17.9. The molecule has 0 aliphatic heterocycles. The molecule has 0 spiro atoms. The summed E-state index contributed by atoms with van der Waals surface area (Å²) in [6.45, 7) is 4.18. The minimum atomic E-state index is -0.304. The summed E-state index contributed by atoms with van der Waals surface area (Å²) in [6, 6.07) is 14.8.